The number of ether oxygens (including phenoxy) is 1. The fraction of sp³-hybridized carbons (Fsp3) is 0.375. The summed E-state index contributed by atoms with van der Waals surface area (Å²) in [6.45, 7) is 2.93. The quantitative estimate of drug-likeness (QED) is 0.618. The van der Waals surface area contributed by atoms with E-state index in [1.165, 1.54) is 16.3 Å². The summed E-state index contributed by atoms with van der Waals surface area (Å²) in [5.41, 5.74) is 4.14. The van der Waals surface area contributed by atoms with Crippen molar-refractivity contribution in [1.82, 2.24) is 5.43 Å². The van der Waals surface area contributed by atoms with Crippen LogP contribution in [0.2, 0.25) is 0 Å². The lowest BCUT2D eigenvalue weighted by Crippen LogP contribution is -2.30. The number of hydrogen-bond acceptors (Lipinski definition) is 3. The van der Waals surface area contributed by atoms with Gasteiger partial charge in [0.2, 0.25) is 0 Å². The van der Waals surface area contributed by atoms with Gasteiger partial charge >= 0.3 is 0 Å². The Kier molecular flexibility index (Phi) is 4.91. The smallest absolute Gasteiger partial charge is 0.0488 e. The Morgan fingerprint density at radius 3 is 2.58 bits per heavy atom. The van der Waals surface area contributed by atoms with Crippen molar-refractivity contribution in [3.05, 3.63) is 48.0 Å². The van der Waals surface area contributed by atoms with Crippen molar-refractivity contribution < 1.29 is 4.74 Å². The third-order valence-electron chi connectivity index (χ3n) is 3.47. The second kappa shape index (κ2) is 6.66. The van der Waals surface area contributed by atoms with Gasteiger partial charge in [-0.15, -0.1) is 0 Å². The number of rotatable bonds is 6. The minimum Gasteiger partial charge on any atom is -0.384 e. The van der Waals surface area contributed by atoms with E-state index in [-0.39, 0.29) is 6.04 Å². The van der Waals surface area contributed by atoms with Crippen LogP contribution < -0.4 is 11.3 Å². The Bertz CT molecular complexity index is 527. The van der Waals surface area contributed by atoms with E-state index in [2.05, 4.69) is 54.8 Å². The van der Waals surface area contributed by atoms with Crippen LogP contribution in [0, 0.1) is 5.92 Å². The summed E-state index contributed by atoms with van der Waals surface area (Å²) in [5.74, 6) is 6.17. The van der Waals surface area contributed by atoms with E-state index in [0.29, 0.717) is 5.92 Å². The normalized spacial score (nSPS) is 14.5. The molecule has 0 aliphatic rings. The highest BCUT2D eigenvalue weighted by Gasteiger charge is 2.14. The molecule has 0 aliphatic heterocycles. The largest absolute Gasteiger partial charge is 0.384 e. The summed E-state index contributed by atoms with van der Waals surface area (Å²) in [4.78, 5) is 0. The van der Waals surface area contributed by atoms with Gasteiger partial charge in [-0.05, 0) is 34.7 Å². The molecule has 2 aromatic rings. The lowest BCUT2D eigenvalue weighted by molar-refractivity contribution is 0.149. The van der Waals surface area contributed by atoms with E-state index in [1.807, 2.05) is 0 Å². The first-order valence-corrected chi connectivity index (χ1v) is 6.68. The third kappa shape index (κ3) is 3.53. The van der Waals surface area contributed by atoms with Crippen LogP contribution in [0.4, 0.5) is 0 Å². The minimum atomic E-state index is 0.162. The van der Waals surface area contributed by atoms with Crippen molar-refractivity contribution >= 4 is 10.8 Å². The minimum absolute atomic E-state index is 0.162. The number of benzene rings is 2. The molecule has 2 rings (SSSR count). The second-order valence-electron chi connectivity index (χ2n) is 5.12. The second-order valence-corrected chi connectivity index (χ2v) is 5.12. The van der Waals surface area contributed by atoms with Gasteiger partial charge in [0.05, 0.1) is 0 Å². The molecule has 2 atom stereocenters. The Labute approximate surface area is 114 Å². The van der Waals surface area contributed by atoms with Crippen molar-refractivity contribution in [2.75, 3.05) is 13.7 Å². The average Bonchev–Trinajstić information content (AvgIpc) is 2.44. The van der Waals surface area contributed by atoms with Crippen LogP contribution in [0.15, 0.2) is 42.5 Å². The molecule has 0 saturated heterocycles. The molecule has 0 amide bonds. The maximum absolute atomic E-state index is 5.70. The van der Waals surface area contributed by atoms with Crippen molar-refractivity contribution in [2.24, 2.45) is 11.8 Å². The van der Waals surface area contributed by atoms with Crippen molar-refractivity contribution in [1.29, 1.82) is 0 Å². The van der Waals surface area contributed by atoms with Crippen LogP contribution in [0.25, 0.3) is 10.8 Å². The fourth-order valence-electron chi connectivity index (χ4n) is 2.48. The predicted molar refractivity (Wildman–Crippen MR) is 79.7 cm³/mol. The van der Waals surface area contributed by atoms with Gasteiger partial charge in [0, 0.05) is 19.8 Å². The molecule has 0 fully saturated rings. The lowest BCUT2D eigenvalue weighted by atomic mass is 9.95. The van der Waals surface area contributed by atoms with Gasteiger partial charge < -0.3 is 4.74 Å². The van der Waals surface area contributed by atoms with E-state index in [0.717, 1.165) is 13.0 Å². The molecule has 3 N–H and O–H groups in total. The SMILES string of the molecule is COCC(C)CC(NN)c1ccc2ccccc2c1. The van der Waals surface area contributed by atoms with Gasteiger partial charge in [0.1, 0.15) is 0 Å². The first-order valence-electron chi connectivity index (χ1n) is 6.68. The topological polar surface area (TPSA) is 47.3 Å². The Morgan fingerprint density at radius 1 is 1.16 bits per heavy atom. The Balaban J connectivity index is 2.20. The van der Waals surface area contributed by atoms with Crippen LogP contribution in [0.1, 0.15) is 24.9 Å². The number of methoxy groups -OCH3 is 1. The van der Waals surface area contributed by atoms with E-state index in [9.17, 15) is 0 Å². The monoisotopic (exact) mass is 258 g/mol. The highest BCUT2D eigenvalue weighted by Crippen LogP contribution is 2.24. The molecule has 19 heavy (non-hydrogen) atoms. The molecular weight excluding hydrogens is 236 g/mol. The molecule has 0 bridgehead atoms. The zero-order valence-electron chi connectivity index (χ0n) is 11.6. The van der Waals surface area contributed by atoms with E-state index in [4.69, 9.17) is 10.6 Å². The van der Waals surface area contributed by atoms with Crippen LogP contribution in [0.5, 0.6) is 0 Å². The van der Waals surface area contributed by atoms with Gasteiger partial charge in [-0.3, -0.25) is 11.3 Å². The van der Waals surface area contributed by atoms with Gasteiger partial charge in [-0.2, -0.15) is 0 Å². The molecule has 0 spiro atoms. The zero-order chi connectivity index (χ0) is 13.7. The average molecular weight is 258 g/mol. The summed E-state index contributed by atoms with van der Waals surface area (Å²) < 4.78 is 5.19. The van der Waals surface area contributed by atoms with Crippen LogP contribution in [0.3, 0.4) is 0 Å². The third-order valence-corrected chi connectivity index (χ3v) is 3.47. The number of hydrogen-bond donors (Lipinski definition) is 2. The standard InChI is InChI=1S/C16H22N2O/c1-12(11-19-2)9-16(18-17)15-8-7-13-5-3-4-6-14(13)10-15/h3-8,10,12,16,18H,9,11,17H2,1-2H3. The molecule has 0 aromatic heterocycles. The molecule has 0 aliphatic carbocycles. The van der Waals surface area contributed by atoms with Crippen molar-refractivity contribution in [2.45, 2.75) is 19.4 Å². The Hall–Kier alpha value is -1.42. The maximum atomic E-state index is 5.70. The Morgan fingerprint density at radius 2 is 1.89 bits per heavy atom. The molecule has 0 radical (unpaired) electrons. The van der Waals surface area contributed by atoms with Crippen LogP contribution >= 0.6 is 0 Å². The van der Waals surface area contributed by atoms with Gasteiger partial charge in [0.15, 0.2) is 0 Å². The molecule has 2 aromatic carbocycles. The maximum Gasteiger partial charge on any atom is 0.0488 e. The highest BCUT2D eigenvalue weighted by atomic mass is 16.5. The summed E-state index contributed by atoms with van der Waals surface area (Å²) in [6.07, 6.45) is 0.961. The fourth-order valence-corrected chi connectivity index (χ4v) is 2.48. The molecular formula is C16H22N2O. The first kappa shape index (κ1) is 14.0. The predicted octanol–water partition coefficient (Wildman–Crippen LogP) is 3.02. The number of hydrazine groups is 1. The zero-order valence-corrected chi connectivity index (χ0v) is 11.6. The molecule has 102 valence electrons. The highest BCUT2D eigenvalue weighted by molar-refractivity contribution is 5.83. The molecule has 2 unspecified atom stereocenters. The number of nitrogens with two attached hydrogens (primary N) is 1. The molecule has 3 heteroatoms. The first-order chi connectivity index (χ1) is 9.24. The lowest BCUT2D eigenvalue weighted by Gasteiger charge is -2.20. The summed E-state index contributed by atoms with van der Waals surface area (Å²) >= 11 is 0. The number of fused-ring (bicyclic) bond motifs is 1. The van der Waals surface area contributed by atoms with E-state index in [1.54, 1.807) is 7.11 Å². The van der Waals surface area contributed by atoms with Crippen molar-refractivity contribution in [3.8, 4) is 0 Å². The van der Waals surface area contributed by atoms with Crippen molar-refractivity contribution in [3.63, 3.8) is 0 Å². The summed E-state index contributed by atoms with van der Waals surface area (Å²) in [7, 11) is 1.73. The van der Waals surface area contributed by atoms with Gasteiger partial charge in [-0.1, -0.05) is 43.3 Å². The van der Waals surface area contributed by atoms with Gasteiger partial charge in [0.25, 0.3) is 0 Å². The number of nitrogens with one attached hydrogen (secondary N) is 1. The molecule has 3 nitrogen and oxygen atoms in total. The van der Waals surface area contributed by atoms with E-state index >= 15 is 0 Å². The van der Waals surface area contributed by atoms with Crippen LogP contribution in [-0.4, -0.2) is 13.7 Å². The molecule has 0 saturated carbocycles. The summed E-state index contributed by atoms with van der Waals surface area (Å²) in [5, 5.41) is 2.51. The van der Waals surface area contributed by atoms with E-state index < -0.39 is 0 Å². The summed E-state index contributed by atoms with van der Waals surface area (Å²) in [6, 6.07) is 15.0. The van der Waals surface area contributed by atoms with Gasteiger partial charge in [-0.25, -0.2) is 0 Å². The van der Waals surface area contributed by atoms with Crippen LogP contribution in [-0.2, 0) is 4.74 Å². The molecule has 0 heterocycles.